The van der Waals surface area contributed by atoms with E-state index < -0.39 is 5.97 Å². The Labute approximate surface area is 94.1 Å². The van der Waals surface area contributed by atoms with Crippen LogP contribution in [0.1, 0.15) is 12.5 Å². The Morgan fingerprint density at radius 1 is 1.38 bits per heavy atom. The minimum absolute atomic E-state index is 0.00900. The monoisotopic (exact) mass is 222 g/mol. The number of carbonyl (C=O) groups is 1. The second-order valence-electron chi connectivity index (χ2n) is 3.28. The topological polar surface area (TPSA) is 55.8 Å². The molecule has 0 aromatic heterocycles. The second-order valence-corrected chi connectivity index (χ2v) is 3.28. The third-order valence-electron chi connectivity index (χ3n) is 1.87. The summed E-state index contributed by atoms with van der Waals surface area (Å²) in [7, 11) is 0. The second kappa shape index (κ2) is 5.92. The maximum absolute atomic E-state index is 11.0. The lowest BCUT2D eigenvalue weighted by Gasteiger charge is -2.07. The van der Waals surface area contributed by atoms with Gasteiger partial charge in [0.25, 0.3) is 0 Å². The minimum Gasteiger partial charge on any atom is -0.457 e. The van der Waals surface area contributed by atoms with Gasteiger partial charge in [0.15, 0.2) is 0 Å². The molecule has 0 saturated heterocycles. The number of esters is 1. The van der Waals surface area contributed by atoms with Gasteiger partial charge in [-0.3, -0.25) is 0 Å². The first-order valence-corrected chi connectivity index (χ1v) is 4.78. The molecule has 4 nitrogen and oxygen atoms in total. The number of carbonyl (C=O) groups excluding carboxylic acids is 1. The molecule has 1 N–H and O–H groups in total. The highest BCUT2D eigenvalue weighted by atomic mass is 16.7. The van der Waals surface area contributed by atoms with Crippen molar-refractivity contribution in [3.8, 4) is 5.75 Å². The van der Waals surface area contributed by atoms with Crippen molar-refractivity contribution in [2.75, 3.05) is 6.79 Å². The van der Waals surface area contributed by atoms with E-state index in [9.17, 15) is 4.79 Å². The number of rotatable bonds is 5. The molecule has 0 atom stereocenters. The average molecular weight is 222 g/mol. The van der Waals surface area contributed by atoms with Crippen LogP contribution in [0.3, 0.4) is 0 Å². The van der Waals surface area contributed by atoms with Crippen LogP contribution < -0.4 is 4.74 Å². The fourth-order valence-corrected chi connectivity index (χ4v) is 0.965. The Morgan fingerprint density at radius 2 is 2.00 bits per heavy atom. The molecule has 0 radical (unpaired) electrons. The molecule has 0 unspecified atom stereocenters. The zero-order chi connectivity index (χ0) is 12.0. The molecule has 1 aromatic rings. The van der Waals surface area contributed by atoms with Crippen LogP contribution in [0, 0.1) is 0 Å². The molecular formula is C12H14O4. The minimum atomic E-state index is -0.480. The summed E-state index contributed by atoms with van der Waals surface area (Å²) in [5.41, 5.74) is 1.13. The maximum Gasteiger partial charge on any atom is 0.335 e. The molecular weight excluding hydrogens is 208 g/mol. The van der Waals surface area contributed by atoms with Gasteiger partial charge in [-0.05, 0) is 24.6 Å². The lowest BCUT2D eigenvalue weighted by Crippen LogP contribution is -2.10. The molecule has 0 fully saturated rings. The Morgan fingerprint density at radius 3 is 2.50 bits per heavy atom. The lowest BCUT2D eigenvalue weighted by molar-refractivity contribution is -0.145. The van der Waals surface area contributed by atoms with Crippen molar-refractivity contribution in [1.29, 1.82) is 0 Å². The number of ether oxygens (including phenoxy) is 2. The molecule has 0 saturated carbocycles. The lowest BCUT2D eigenvalue weighted by atomic mass is 10.2. The van der Waals surface area contributed by atoms with Crippen LogP contribution in [0.25, 0.3) is 0 Å². The third-order valence-corrected chi connectivity index (χ3v) is 1.87. The molecule has 16 heavy (non-hydrogen) atoms. The van der Waals surface area contributed by atoms with E-state index in [-0.39, 0.29) is 13.4 Å². The summed E-state index contributed by atoms with van der Waals surface area (Å²) in [4.78, 5) is 11.0. The summed E-state index contributed by atoms with van der Waals surface area (Å²) in [6.45, 7) is 4.86. The normalized spacial score (nSPS) is 9.62. The fourth-order valence-electron chi connectivity index (χ4n) is 0.965. The van der Waals surface area contributed by atoms with Crippen LogP contribution in [0.2, 0.25) is 0 Å². The van der Waals surface area contributed by atoms with Gasteiger partial charge in [0, 0.05) is 5.57 Å². The highest BCUT2D eigenvalue weighted by Gasteiger charge is 2.02. The van der Waals surface area contributed by atoms with Gasteiger partial charge in [0.2, 0.25) is 6.79 Å². The van der Waals surface area contributed by atoms with Crippen molar-refractivity contribution in [2.24, 2.45) is 0 Å². The van der Waals surface area contributed by atoms with Crippen molar-refractivity contribution in [3.05, 3.63) is 42.0 Å². The van der Waals surface area contributed by atoms with E-state index >= 15 is 0 Å². The first kappa shape index (κ1) is 12.3. The Balaban J connectivity index is 2.37. The van der Waals surface area contributed by atoms with Gasteiger partial charge in [-0.2, -0.15) is 0 Å². The van der Waals surface area contributed by atoms with Gasteiger partial charge in [-0.15, -0.1) is 0 Å². The van der Waals surface area contributed by atoms with Crippen molar-refractivity contribution in [1.82, 2.24) is 0 Å². The molecule has 0 heterocycles. The molecule has 0 amide bonds. The molecule has 4 heteroatoms. The number of hydrogen-bond donors (Lipinski definition) is 1. The van der Waals surface area contributed by atoms with Gasteiger partial charge in [-0.1, -0.05) is 18.7 Å². The summed E-state index contributed by atoms with van der Waals surface area (Å²) in [5, 5.41) is 8.82. The summed E-state index contributed by atoms with van der Waals surface area (Å²) < 4.78 is 9.91. The molecule has 0 aliphatic carbocycles. The fraction of sp³-hybridized carbons (Fsp3) is 0.250. The number of aliphatic hydroxyl groups is 1. The predicted octanol–water partition coefficient (Wildman–Crippen LogP) is 1.63. The van der Waals surface area contributed by atoms with Gasteiger partial charge >= 0.3 is 5.97 Å². The van der Waals surface area contributed by atoms with E-state index in [0.29, 0.717) is 11.3 Å². The van der Waals surface area contributed by atoms with Crippen LogP contribution in [0.4, 0.5) is 0 Å². The average Bonchev–Trinajstić information content (AvgIpc) is 2.29. The summed E-state index contributed by atoms with van der Waals surface area (Å²) in [5.74, 6) is 0.0960. The standard InChI is InChI=1S/C12H14O4/c1-9(2)12(14)16-8-15-11-5-3-10(7-13)4-6-11/h3-6,13H,1,7-8H2,2H3. The van der Waals surface area contributed by atoms with Crippen molar-refractivity contribution < 1.29 is 19.4 Å². The summed E-state index contributed by atoms with van der Waals surface area (Å²) >= 11 is 0. The Kier molecular flexibility index (Phi) is 4.54. The summed E-state index contributed by atoms with van der Waals surface area (Å²) in [6, 6.07) is 6.85. The van der Waals surface area contributed by atoms with E-state index in [1.54, 1.807) is 31.2 Å². The van der Waals surface area contributed by atoms with Crippen LogP contribution in [-0.2, 0) is 16.1 Å². The molecule has 0 aliphatic rings. The zero-order valence-corrected chi connectivity index (χ0v) is 9.10. The third kappa shape index (κ3) is 3.74. The SMILES string of the molecule is C=C(C)C(=O)OCOc1ccc(CO)cc1. The van der Waals surface area contributed by atoms with Crippen LogP contribution in [0.5, 0.6) is 5.75 Å². The number of benzene rings is 1. The highest BCUT2D eigenvalue weighted by Crippen LogP contribution is 2.12. The molecule has 0 bridgehead atoms. The molecule has 1 aromatic carbocycles. The van der Waals surface area contributed by atoms with E-state index in [1.807, 2.05) is 0 Å². The molecule has 86 valence electrons. The van der Waals surface area contributed by atoms with Gasteiger partial charge in [0.05, 0.1) is 6.61 Å². The zero-order valence-electron chi connectivity index (χ0n) is 9.10. The quantitative estimate of drug-likeness (QED) is 0.467. The number of hydrogen-bond acceptors (Lipinski definition) is 4. The molecule has 1 rings (SSSR count). The van der Waals surface area contributed by atoms with E-state index in [4.69, 9.17) is 14.6 Å². The van der Waals surface area contributed by atoms with Crippen LogP contribution in [0.15, 0.2) is 36.4 Å². The molecule has 0 aliphatic heterocycles. The predicted molar refractivity (Wildman–Crippen MR) is 58.8 cm³/mol. The smallest absolute Gasteiger partial charge is 0.335 e. The number of aliphatic hydroxyl groups excluding tert-OH is 1. The van der Waals surface area contributed by atoms with Crippen molar-refractivity contribution in [2.45, 2.75) is 13.5 Å². The van der Waals surface area contributed by atoms with E-state index in [0.717, 1.165) is 5.56 Å². The Hall–Kier alpha value is -1.81. The first-order chi connectivity index (χ1) is 7.63. The van der Waals surface area contributed by atoms with Crippen LogP contribution in [-0.4, -0.2) is 17.9 Å². The van der Waals surface area contributed by atoms with E-state index in [1.165, 1.54) is 0 Å². The Bertz CT molecular complexity index is 367. The largest absolute Gasteiger partial charge is 0.457 e. The van der Waals surface area contributed by atoms with Crippen LogP contribution >= 0.6 is 0 Å². The van der Waals surface area contributed by atoms with Gasteiger partial charge in [0.1, 0.15) is 5.75 Å². The first-order valence-electron chi connectivity index (χ1n) is 4.78. The van der Waals surface area contributed by atoms with Crippen molar-refractivity contribution in [3.63, 3.8) is 0 Å². The highest BCUT2D eigenvalue weighted by molar-refractivity contribution is 5.86. The van der Waals surface area contributed by atoms with Gasteiger partial charge < -0.3 is 14.6 Å². The maximum atomic E-state index is 11.0. The van der Waals surface area contributed by atoms with Gasteiger partial charge in [-0.25, -0.2) is 4.79 Å². The molecule has 0 spiro atoms. The van der Waals surface area contributed by atoms with E-state index in [2.05, 4.69) is 6.58 Å². The summed E-state index contributed by atoms with van der Waals surface area (Å²) in [6.07, 6.45) is 0. The van der Waals surface area contributed by atoms with Crippen molar-refractivity contribution >= 4 is 5.97 Å².